The molecule has 10 heteroatoms. The Kier molecular flexibility index (Phi) is 7.92. The molecular formula is C28H26BrClN2O5S. The van der Waals surface area contributed by atoms with E-state index >= 15 is 0 Å². The standard InChI is InChI=1S/C28H26BrClN2O5S/c1-28(2,3)37-27(33)17-36-26-16-24(31)18(14-23(26)30)10-12-21-13-19-9-11-20(29)15-25(19)32(21)38(34,35)22-7-5-4-6-8-22/h4-16H,17,31H2,1-3H3/b12-10+. The Balaban J connectivity index is 1.69. The van der Waals surface area contributed by atoms with Gasteiger partial charge in [-0.25, -0.2) is 17.2 Å². The van der Waals surface area contributed by atoms with Crippen LogP contribution in [-0.4, -0.2) is 30.6 Å². The zero-order chi connectivity index (χ0) is 27.7. The number of hydrogen-bond acceptors (Lipinski definition) is 6. The second-order valence-electron chi connectivity index (χ2n) is 9.47. The normalized spacial score (nSPS) is 12.2. The van der Waals surface area contributed by atoms with Gasteiger partial charge in [-0.05, 0) is 68.8 Å². The van der Waals surface area contributed by atoms with E-state index in [-0.39, 0.29) is 22.3 Å². The molecule has 0 unspecified atom stereocenters. The molecule has 0 spiro atoms. The molecule has 0 aliphatic heterocycles. The lowest BCUT2D eigenvalue weighted by Crippen LogP contribution is -2.27. The molecule has 0 atom stereocenters. The first-order valence-corrected chi connectivity index (χ1v) is 14.2. The fourth-order valence-corrected chi connectivity index (χ4v) is 5.87. The smallest absolute Gasteiger partial charge is 0.344 e. The van der Waals surface area contributed by atoms with Gasteiger partial charge in [0.15, 0.2) is 6.61 Å². The third kappa shape index (κ3) is 6.23. The van der Waals surface area contributed by atoms with E-state index < -0.39 is 21.6 Å². The van der Waals surface area contributed by atoms with Gasteiger partial charge in [-0.3, -0.25) is 0 Å². The lowest BCUT2D eigenvalue weighted by atomic mass is 10.1. The Morgan fingerprint density at radius 1 is 1.05 bits per heavy atom. The average molecular weight is 618 g/mol. The van der Waals surface area contributed by atoms with Crippen LogP contribution in [0.5, 0.6) is 5.75 Å². The molecule has 2 N–H and O–H groups in total. The van der Waals surface area contributed by atoms with Crippen LogP contribution in [-0.2, 0) is 19.6 Å². The molecule has 0 radical (unpaired) electrons. The summed E-state index contributed by atoms with van der Waals surface area (Å²) in [6.07, 6.45) is 3.34. The summed E-state index contributed by atoms with van der Waals surface area (Å²) in [4.78, 5) is 12.1. The van der Waals surface area contributed by atoms with Crippen molar-refractivity contribution in [2.75, 3.05) is 12.3 Å². The SMILES string of the molecule is CC(C)(C)OC(=O)COc1cc(N)c(/C=C/c2cc3ccc(Br)cc3n2S(=O)(=O)c2ccccc2)cc1Cl. The van der Waals surface area contributed by atoms with Crippen LogP contribution in [0.15, 0.2) is 76.1 Å². The van der Waals surface area contributed by atoms with E-state index in [2.05, 4.69) is 15.9 Å². The van der Waals surface area contributed by atoms with Crippen molar-refractivity contribution in [2.45, 2.75) is 31.3 Å². The molecule has 0 aliphatic rings. The number of fused-ring (bicyclic) bond motifs is 1. The molecule has 38 heavy (non-hydrogen) atoms. The summed E-state index contributed by atoms with van der Waals surface area (Å²) in [5.74, 6) is -0.298. The lowest BCUT2D eigenvalue weighted by Gasteiger charge is -2.19. The topological polar surface area (TPSA) is 101 Å². The van der Waals surface area contributed by atoms with E-state index in [1.165, 1.54) is 10.0 Å². The van der Waals surface area contributed by atoms with Crippen molar-refractivity contribution in [3.8, 4) is 5.75 Å². The summed E-state index contributed by atoms with van der Waals surface area (Å²) in [7, 11) is -3.90. The first-order valence-electron chi connectivity index (χ1n) is 11.6. The Labute approximate surface area is 235 Å². The van der Waals surface area contributed by atoms with Gasteiger partial charge in [0.2, 0.25) is 0 Å². The Bertz CT molecular complexity index is 1640. The van der Waals surface area contributed by atoms with Crippen LogP contribution >= 0.6 is 27.5 Å². The van der Waals surface area contributed by atoms with Gasteiger partial charge in [-0.1, -0.05) is 57.9 Å². The van der Waals surface area contributed by atoms with E-state index in [0.717, 1.165) is 9.86 Å². The monoisotopic (exact) mass is 616 g/mol. The predicted molar refractivity (Wildman–Crippen MR) is 155 cm³/mol. The van der Waals surface area contributed by atoms with Crippen LogP contribution in [0.1, 0.15) is 32.0 Å². The molecule has 0 bridgehead atoms. The van der Waals surface area contributed by atoms with Crippen LogP contribution < -0.4 is 10.5 Å². The maximum Gasteiger partial charge on any atom is 0.344 e. The van der Waals surface area contributed by atoms with Gasteiger partial charge in [0.25, 0.3) is 10.0 Å². The molecule has 4 aromatic rings. The molecular weight excluding hydrogens is 592 g/mol. The molecule has 3 aromatic carbocycles. The van der Waals surface area contributed by atoms with E-state index in [1.807, 2.05) is 12.1 Å². The number of halogens is 2. The lowest BCUT2D eigenvalue weighted by molar-refractivity contribution is -0.157. The van der Waals surface area contributed by atoms with Crippen LogP contribution in [0, 0.1) is 0 Å². The van der Waals surface area contributed by atoms with Gasteiger partial charge in [0, 0.05) is 21.6 Å². The average Bonchev–Trinajstić information content (AvgIpc) is 3.21. The number of carbonyl (C=O) groups is 1. The third-order valence-electron chi connectivity index (χ3n) is 5.37. The first kappa shape index (κ1) is 27.8. The van der Waals surface area contributed by atoms with Crippen molar-refractivity contribution in [3.63, 3.8) is 0 Å². The number of benzene rings is 3. The van der Waals surface area contributed by atoms with Gasteiger partial charge in [-0.2, -0.15) is 0 Å². The molecule has 0 amide bonds. The number of nitrogens with zero attached hydrogens (tertiary/aromatic N) is 1. The van der Waals surface area contributed by atoms with E-state index in [0.29, 0.717) is 22.5 Å². The molecule has 0 saturated heterocycles. The molecule has 7 nitrogen and oxygen atoms in total. The summed E-state index contributed by atoms with van der Waals surface area (Å²) >= 11 is 9.83. The summed E-state index contributed by atoms with van der Waals surface area (Å²) < 4.78 is 40.1. The van der Waals surface area contributed by atoms with Crippen molar-refractivity contribution in [1.82, 2.24) is 3.97 Å². The van der Waals surface area contributed by atoms with Crippen molar-refractivity contribution in [2.24, 2.45) is 0 Å². The molecule has 1 aromatic heterocycles. The first-order chi connectivity index (χ1) is 17.8. The number of rotatable bonds is 7. The van der Waals surface area contributed by atoms with Gasteiger partial charge in [-0.15, -0.1) is 0 Å². The number of aromatic nitrogens is 1. The van der Waals surface area contributed by atoms with E-state index in [1.54, 1.807) is 81.5 Å². The van der Waals surface area contributed by atoms with E-state index in [4.69, 9.17) is 26.8 Å². The van der Waals surface area contributed by atoms with Gasteiger partial charge in [0.1, 0.15) is 11.4 Å². The zero-order valence-corrected chi connectivity index (χ0v) is 24.1. The maximum atomic E-state index is 13.6. The largest absolute Gasteiger partial charge is 0.480 e. The van der Waals surface area contributed by atoms with Crippen LogP contribution in [0.25, 0.3) is 23.1 Å². The fraction of sp³-hybridized carbons (Fsp3) is 0.179. The highest BCUT2D eigenvalue weighted by Crippen LogP contribution is 2.33. The Morgan fingerprint density at radius 2 is 1.76 bits per heavy atom. The van der Waals surface area contributed by atoms with Crippen molar-refractivity contribution < 1.29 is 22.7 Å². The van der Waals surface area contributed by atoms with Gasteiger partial charge >= 0.3 is 5.97 Å². The predicted octanol–water partition coefficient (Wildman–Crippen LogP) is 6.77. The number of anilines is 1. The third-order valence-corrected chi connectivity index (χ3v) is 7.91. The summed E-state index contributed by atoms with van der Waals surface area (Å²) in [6, 6.07) is 18.6. The minimum Gasteiger partial charge on any atom is -0.480 e. The highest BCUT2D eigenvalue weighted by molar-refractivity contribution is 9.10. The van der Waals surface area contributed by atoms with Crippen molar-refractivity contribution in [3.05, 3.63) is 87.5 Å². The number of ether oxygens (including phenoxy) is 2. The fourth-order valence-electron chi connectivity index (χ4n) is 3.78. The second-order valence-corrected chi connectivity index (χ2v) is 12.6. The summed E-state index contributed by atoms with van der Waals surface area (Å²) in [5.41, 5.74) is 7.45. The summed E-state index contributed by atoms with van der Waals surface area (Å²) in [5, 5.41) is 0.994. The number of hydrogen-bond donors (Lipinski definition) is 1. The Hall–Kier alpha value is -3.27. The molecule has 4 rings (SSSR count). The van der Waals surface area contributed by atoms with E-state index in [9.17, 15) is 13.2 Å². The molecule has 1 heterocycles. The maximum absolute atomic E-state index is 13.6. The van der Waals surface area contributed by atoms with Crippen molar-refractivity contribution >= 4 is 72.3 Å². The number of esters is 1. The van der Waals surface area contributed by atoms with Crippen LogP contribution in [0.2, 0.25) is 5.02 Å². The van der Waals surface area contributed by atoms with Crippen LogP contribution in [0.4, 0.5) is 5.69 Å². The molecule has 198 valence electrons. The second kappa shape index (κ2) is 10.8. The minimum absolute atomic E-state index is 0.168. The number of carbonyl (C=O) groups excluding carboxylic acids is 1. The number of nitrogen functional groups attached to an aromatic ring is 1. The molecule has 0 saturated carbocycles. The van der Waals surface area contributed by atoms with Crippen LogP contribution in [0.3, 0.4) is 0 Å². The molecule has 0 aliphatic carbocycles. The number of nitrogens with two attached hydrogens (primary N) is 1. The highest BCUT2D eigenvalue weighted by atomic mass is 79.9. The summed E-state index contributed by atoms with van der Waals surface area (Å²) in [6.45, 7) is 4.97. The van der Waals surface area contributed by atoms with Crippen molar-refractivity contribution in [1.29, 1.82) is 0 Å². The minimum atomic E-state index is -3.90. The van der Waals surface area contributed by atoms with Gasteiger partial charge < -0.3 is 15.2 Å². The highest BCUT2D eigenvalue weighted by Gasteiger charge is 2.22. The quantitative estimate of drug-likeness (QED) is 0.182. The Morgan fingerprint density at radius 3 is 2.45 bits per heavy atom. The molecule has 0 fully saturated rings. The van der Waals surface area contributed by atoms with Gasteiger partial charge in [0.05, 0.1) is 21.1 Å². The zero-order valence-electron chi connectivity index (χ0n) is 20.9.